The van der Waals surface area contributed by atoms with Gasteiger partial charge in [0.25, 0.3) is 0 Å². The van der Waals surface area contributed by atoms with Gasteiger partial charge in [0.05, 0.1) is 25.0 Å². The summed E-state index contributed by atoms with van der Waals surface area (Å²) in [6.45, 7) is 1.09. The van der Waals surface area contributed by atoms with E-state index in [-0.39, 0.29) is 42.0 Å². The molecule has 38 heavy (non-hydrogen) atoms. The maximum atomic E-state index is 13.0. The smallest absolute Gasteiger partial charge is 0.416 e. The average Bonchev–Trinajstić information content (AvgIpc) is 2.93. The number of halogens is 3. The highest BCUT2D eigenvalue weighted by Gasteiger charge is 2.32. The quantitative estimate of drug-likeness (QED) is 0.496. The number of carbonyl (C=O) groups excluding carboxylic acids is 3. The van der Waals surface area contributed by atoms with Gasteiger partial charge in [0.2, 0.25) is 11.8 Å². The van der Waals surface area contributed by atoms with Crippen molar-refractivity contribution < 1.29 is 32.3 Å². The van der Waals surface area contributed by atoms with E-state index in [1.54, 1.807) is 11.0 Å². The number of esters is 1. The molecule has 2 unspecified atom stereocenters. The van der Waals surface area contributed by atoms with Crippen LogP contribution in [0.25, 0.3) is 0 Å². The first-order chi connectivity index (χ1) is 18.1. The molecule has 2 fully saturated rings. The average molecular weight is 531 g/mol. The molecule has 1 N–H and O–H groups in total. The van der Waals surface area contributed by atoms with Crippen molar-refractivity contribution in [2.24, 2.45) is 11.8 Å². The number of methoxy groups -OCH3 is 1. The van der Waals surface area contributed by atoms with E-state index >= 15 is 0 Å². The van der Waals surface area contributed by atoms with Gasteiger partial charge in [0.15, 0.2) is 0 Å². The van der Waals surface area contributed by atoms with Gasteiger partial charge in [-0.05, 0) is 67.3 Å². The van der Waals surface area contributed by atoms with Crippen LogP contribution in [0, 0.1) is 11.8 Å². The summed E-state index contributed by atoms with van der Waals surface area (Å²) in [6, 6.07) is 12.6. The summed E-state index contributed by atoms with van der Waals surface area (Å²) in [6.07, 6.45) is -0.138. The first kappa shape index (κ1) is 27.7. The minimum absolute atomic E-state index is 0.0512. The Balaban J connectivity index is 1.26. The highest BCUT2D eigenvalue weighted by Crippen LogP contribution is 2.33. The molecular formula is C29H33F3N2O4. The lowest BCUT2D eigenvalue weighted by molar-refractivity contribution is -0.147. The molecule has 2 amide bonds. The topological polar surface area (TPSA) is 75.7 Å². The number of ether oxygens (including phenoxy) is 1. The first-order valence-electron chi connectivity index (χ1n) is 13.1. The zero-order chi connectivity index (χ0) is 27.3. The number of amides is 2. The van der Waals surface area contributed by atoms with Gasteiger partial charge in [-0.1, -0.05) is 36.8 Å². The SMILES string of the molecule is COC(=O)C1CCCC(C(=O)Nc2ccc(C3CCN(C(=O)Cc4cccc(C(F)(F)F)c4)CC3)cc2)C1. The van der Waals surface area contributed by atoms with Gasteiger partial charge in [-0.25, -0.2) is 0 Å². The normalized spacial score (nSPS) is 20.6. The first-order valence-corrected chi connectivity index (χ1v) is 13.1. The van der Waals surface area contributed by atoms with E-state index in [0.717, 1.165) is 49.8 Å². The number of alkyl halides is 3. The van der Waals surface area contributed by atoms with E-state index in [2.05, 4.69) is 5.32 Å². The zero-order valence-corrected chi connectivity index (χ0v) is 21.4. The third-order valence-corrected chi connectivity index (χ3v) is 7.69. The number of carbonyl (C=O) groups is 3. The standard InChI is InChI=1S/C29H33F3N2O4/c1-38-28(37)23-6-3-5-22(18-23)27(36)33-25-10-8-20(9-11-25)21-12-14-34(15-13-21)26(35)17-19-4-2-7-24(16-19)29(30,31)32/h2,4,7-11,16,21-23H,3,5-6,12-15,17-18H2,1H3,(H,33,36). The molecule has 4 rings (SSSR count). The molecule has 0 bridgehead atoms. The van der Waals surface area contributed by atoms with Crippen molar-refractivity contribution in [1.82, 2.24) is 4.90 Å². The predicted octanol–water partition coefficient (Wildman–Crippen LogP) is 5.57. The van der Waals surface area contributed by atoms with Crippen molar-refractivity contribution >= 4 is 23.5 Å². The Hall–Kier alpha value is -3.36. The van der Waals surface area contributed by atoms with Crippen LogP contribution in [-0.4, -0.2) is 42.9 Å². The Labute approximate surface area is 220 Å². The fourth-order valence-corrected chi connectivity index (χ4v) is 5.50. The number of hydrogen-bond acceptors (Lipinski definition) is 4. The van der Waals surface area contributed by atoms with Crippen LogP contribution in [0.4, 0.5) is 18.9 Å². The molecule has 2 aromatic carbocycles. The molecule has 2 atom stereocenters. The molecule has 1 aliphatic heterocycles. The number of nitrogens with zero attached hydrogens (tertiary/aromatic N) is 1. The Morgan fingerprint density at radius 2 is 1.66 bits per heavy atom. The third-order valence-electron chi connectivity index (χ3n) is 7.69. The van der Waals surface area contributed by atoms with Gasteiger partial charge in [-0.3, -0.25) is 14.4 Å². The van der Waals surface area contributed by atoms with Crippen LogP contribution in [0.5, 0.6) is 0 Å². The molecule has 1 heterocycles. The molecule has 204 valence electrons. The van der Waals surface area contributed by atoms with Gasteiger partial charge in [0.1, 0.15) is 0 Å². The van der Waals surface area contributed by atoms with Crippen molar-refractivity contribution in [3.63, 3.8) is 0 Å². The fraction of sp³-hybridized carbons (Fsp3) is 0.483. The molecule has 6 nitrogen and oxygen atoms in total. The molecule has 9 heteroatoms. The number of benzene rings is 2. The molecule has 2 aliphatic rings. The van der Waals surface area contributed by atoms with E-state index in [1.807, 2.05) is 24.3 Å². The molecule has 0 radical (unpaired) electrons. The van der Waals surface area contributed by atoms with Gasteiger partial charge in [-0.2, -0.15) is 13.2 Å². The summed E-state index contributed by atoms with van der Waals surface area (Å²) in [5.74, 6) is -0.691. The second kappa shape index (κ2) is 12.0. The third kappa shape index (κ3) is 6.94. The van der Waals surface area contributed by atoms with E-state index in [9.17, 15) is 27.6 Å². The van der Waals surface area contributed by atoms with Crippen molar-refractivity contribution in [1.29, 1.82) is 0 Å². The minimum Gasteiger partial charge on any atom is -0.469 e. The predicted molar refractivity (Wildman–Crippen MR) is 136 cm³/mol. The second-order valence-corrected chi connectivity index (χ2v) is 10.2. The number of hydrogen-bond donors (Lipinski definition) is 1. The summed E-state index contributed by atoms with van der Waals surface area (Å²) in [4.78, 5) is 39.0. The number of nitrogens with one attached hydrogen (secondary N) is 1. The van der Waals surface area contributed by atoms with Gasteiger partial charge in [0, 0.05) is 24.7 Å². The van der Waals surface area contributed by atoms with E-state index < -0.39 is 11.7 Å². The van der Waals surface area contributed by atoms with Crippen LogP contribution in [0.1, 0.15) is 61.1 Å². The Kier molecular flexibility index (Phi) is 8.74. The number of likely N-dealkylation sites (tertiary alicyclic amines) is 1. The molecule has 0 aromatic heterocycles. The van der Waals surface area contributed by atoms with E-state index in [0.29, 0.717) is 30.8 Å². The van der Waals surface area contributed by atoms with E-state index in [4.69, 9.17) is 4.74 Å². The molecule has 0 spiro atoms. The Bertz CT molecular complexity index is 1140. The molecule has 1 saturated heterocycles. The lowest BCUT2D eigenvalue weighted by Gasteiger charge is -2.32. The van der Waals surface area contributed by atoms with Gasteiger partial charge < -0.3 is 15.0 Å². The van der Waals surface area contributed by atoms with Gasteiger partial charge in [-0.15, -0.1) is 0 Å². The largest absolute Gasteiger partial charge is 0.469 e. The van der Waals surface area contributed by atoms with E-state index in [1.165, 1.54) is 13.2 Å². The lowest BCUT2D eigenvalue weighted by atomic mass is 9.81. The number of rotatable bonds is 6. The molecule has 1 saturated carbocycles. The van der Waals surface area contributed by atoms with Crippen LogP contribution in [0.3, 0.4) is 0 Å². The highest BCUT2D eigenvalue weighted by molar-refractivity contribution is 5.93. The minimum atomic E-state index is -4.43. The summed E-state index contributed by atoms with van der Waals surface area (Å²) in [5, 5.41) is 2.96. The number of anilines is 1. The Morgan fingerprint density at radius 3 is 2.32 bits per heavy atom. The van der Waals surface area contributed by atoms with Crippen LogP contribution >= 0.6 is 0 Å². The summed E-state index contributed by atoms with van der Waals surface area (Å²) < 4.78 is 43.7. The molecule has 2 aromatic rings. The maximum absolute atomic E-state index is 13.0. The maximum Gasteiger partial charge on any atom is 0.416 e. The fourth-order valence-electron chi connectivity index (χ4n) is 5.50. The summed E-state index contributed by atoms with van der Waals surface area (Å²) >= 11 is 0. The van der Waals surface area contributed by atoms with Crippen molar-refractivity contribution in [3.05, 3.63) is 65.2 Å². The van der Waals surface area contributed by atoms with Crippen LogP contribution < -0.4 is 5.32 Å². The molecule has 1 aliphatic carbocycles. The lowest BCUT2D eigenvalue weighted by Crippen LogP contribution is -2.38. The van der Waals surface area contributed by atoms with Crippen molar-refractivity contribution in [2.45, 2.75) is 57.0 Å². The van der Waals surface area contributed by atoms with Crippen LogP contribution in [0.2, 0.25) is 0 Å². The van der Waals surface area contributed by atoms with Crippen molar-refractivity contribution in [2.75, 3.05) is 25.5 Å². The Morgan fingerprint density at radius 1 is 0.974 bits per heavy atom. The molecular weight excluding hydrogens is 497 g/mol. The monoisotopic (exact) mass is 530 g/mol. The number of piperidine rings is 1. The second-order valence-electron chi connectivity index (χ2n) is 10.2. The van der Waals surface area contributed by atoms with Crippen LogP contribution in [-0.2, 0) is 31.7 Å². The summed E-state index contributed by atoms with van der Waals surface area (Å²) in [5.41, 5.74) is 1.44. The zero-order valence-electron chi connectivity index (χ0n) is 21.4. The van der Waals surface area contributed by atoms with Crippen molar-refractivity contribution in [3.8, 4) is 0 Å². The summed E-state index contributed by atoms with van der Waals surface area (Å²) in [7, 11) is 1.37. The van der Waals surface area contributed by atoms with Crippen LogP contribution in [0.15, 0.2) is 48.5 Å². The highest BCUT2D eigenvalue weighted by atomic mass is 19.4. The van der Waals surface area contributed by atoms with Gasteiger partial charge >= 0.3 is 12.1 Å².